The molecule has 1 aromatic heterocycles. The molecule has 0 atom stereocenters. The second-order valence-electron chi connectivity index (χ2n) is 2.46. The van der Waals surface area contributed by atoms with E-state index in [9.17, 15) is 16.8 Å². The molecule has 0 unspecified atom stereocenters. The zero-order chi connectivity index (χ0) is 12.0. The van der Waals surface area contributed by atoms with E-state index in [4.69, 9.17) is 21.4 Å². The summed E-state index contributed by atoms with van der Waals surface area (Å²) < 4.78 is 44.0. The summed E-state index contributed by atoms with van der Waals surface area (Å²) in [6.45, 7) is 1.44. The molecule has 0 bridgehead atoms. The third-order valence-electron chi connectivity index (χ3n) is 1.41. The van der Waals surface area contributed by atoms with Crippen molar-refractivity contribution in [3.05, 3.63) is 9.35 Å². The lowest BCUT2D eigenvalue weighted by molar-refractivity contribution is 0.608. The first-order chi connectivity index (χ1) is 6.55. The number of thiophene rings is 1. The van der Waals surface area contributed by atoms with Crippen LogP contribution in [0.15, 0.2) is 13.6 Å². The lowest BCUT2D eigenvalue weighted by Crippen LogP contribution is -1.93. The summed E-state index contributed by atoms with van der Waals surface area (Å²) in [4.78, 5) is 0.00416. The fourth-order valence-corrected chi connectivity index (χ4v) is 7.65. The van der Waals surface area contributed by atoms with Crippen LogP contribution >= 0.6 is 48.6 Å². The largest absolute Gasteiger partial charge is 0.271 e. The lowest BCUT2D eigenvalue weighted by atomic mass is 10.5. The first-order valence-corrected chi connectivity index (χ1v) is 9.46. The van der Waals surface area contributed by atoms with Crippen LogP contribution in [0.4, 0.5) is 0 Å². The van der Waals surface area contributed by atoms with Crippen molar-refractivity contribution >= 4 is 66.7 Å². The Bertz CT molecular complexity index is 600. The molecule has 0 aliphatic heterocycles. The first-order valence-electron chi connectivity index (χ1n) is 3.23. The van der Waals surface area contributed by atoms with Crippen LogP contribution in [-0.4, -0.2) is 16.8 Å². The Morgan fingerprint density at radius 3 is 1.80 bits per heavy atom. The van der Waals surface area contributed by atoms with Crippen molar-refractivity contribution in [3.8, 4) is 0 Å². The average molecular weight is 374 g/mol. The van der Waals surface area contributed by atoms with Gasteiger partial charge in [-0.25, -0.2) is 16.8 Å². The molecule has 10 heteroatoms. The van der Waals surface area contributed by atoms with Gasteiger partial charge in [-0.2, -0.15) is 0 Å². The van der Waals surface area contributed by atoms with E-state index in [2.05, 4.69) is 15.9 Å². The van der Waals surface area contributed by atoms with Crippen molar-refractivity contribution < 1.29 is 16.8 Å². The smallest absolute Gasteiger partial charge is 0.207 e. The number of hydrogen-bond donors (Lipinski definition) is 0. The van der Waals surface area contributed by atoms with Crippen LogP contribution in [-0.2, 0) is 18.1 Å². The lowest BCUT2D eigenvalue weighted by Gasteiger charge is -1.94. The Morgan fingerprint density at radius 2 is 1.60 bits per heavy atom. The Balaban J connectivity index is 3.70. The fraction of sp³-hybridized carbons (Fsp3) is 0.200. The molecule has 86 valence electrons. The van der Waals surface area contributed by atoms with Crippen LogP contribution in [0.3, 0.4) is 0 Å². The summed E-state index contributed by atoms with van der Waals surface area (Å²) in [5, 5.41) is 0. The molecular weight excluding hydrogens is 371 g/mol. The Morgan fingerprint density at radius 1 is 1.13 bits per heavy atom. The van der Waals surface area contributed by atoms with Crippen LogP contribution in [0.2, 0.25) is 0 Å². The Labute approximate surface area is 108 Å². The van der Waals surface area contributed by atoms with Crippen LogP contribution in [0.1, 0.15) is 4.88 Å². The van der Waals surface area contributed by atoms with Gasteiger partial charge < -0.3 is 0 Å². The molecule has 0 spiro atoms. The van der Waals surface area contributed by atoms with E-state index in [0.717, 1.165) is 11.3 Å². The van der Waals surface area contributed by atoms with Crippen molar-refractivity contribution in [3.63, 3.8) is 0 Å². The molecule has 0 saturated carbocycles. The zero-order valence-corrected chi connectivity index (χ0v) is 12.5. The van der Waals surface area contributed by atoms with Gasteiger partial charge in [0.2, 0.25) is 0 Å². The summed E-state index contributed by atoms with van der Waals surface area (Å²) in [6, 6.07) is 0. The first kappa shape index (κ1) is 13.7. The molecule has 4 nitrogen and oxygen atoms in total. The molecule has 1 heterocycles. The minimum Gasteiger partial charge on any atom is -0.207 e. The van der Waals surface area contributed by atoms with Gasteiger partial charge in [-0.15, -0.1) is 11.3 Å². The van der Waals surface area contributed by atoms with Crippen LogP contribution in [0.5, 0.6) is 0 Å². The van der Waals surface area contributed by atoms with E-state index in [1.807, 2.05) is 0 Å². The van der Waals surface area contributed by atoms with Crippen molar-refractivity contribution in [2.24, 2.45) is 0 Å². The molecule has 15 heavy (non-hydrogen) atoms. The molecule has 0 aliphatic carbocycles. The average Bonchev–Trinajstić information content (AvgIpc) is 2.22. The summed E-state index contributed by atoms with van der Waals surface area (Å²) in [7, 11) is 2.29. The van der Waals surface area contributed by atoms with Crippen molar-refractivity contribution in [2.75, 3.05) is 0 Å². The minimum atomic E-state index is -3.99. The highest BCUT2D eigenvalue weighted by atomic mass is 79.9. The van der Waals surface area contributed by atoms with E-state index in [-0.39, 0.29) is 18.5 Å². The molecule has 1 rings (SSSR count). The van der Waals surface area contributed by atoms with Gasteiger partial charge in [0.1, 0.15) is 4.90 Å². The third-order valence-corrected chi connectivity index (χ3v) is 7.77. The van der Waals surface area contributed by atoms with Gasteiger partial charge in [-0.3, -0.25) is 0 Å². The quantitative estimate of drug-likeness (QED) is 0.747. The van der Waals surface area contributed by atoms with Crippen LogP contribution in [0, 0.1) is 6.92 Å². The summed E-state index contributed by atoms with van der Waals surface area (Å²) in [6.07, 6.45) is 0. The normalized spacial score (nSPS) is 13.1. The van der Waals surface area contributed by atoms with Gasteiger partial charge in [-0.1, -0.05) is 0 Å². The van der Waals surface area contributed by atoms with Crippen LogP contribution < -0.4 is 0 Å². The maximum atomic E-state index is 11.1. The van der Waals surface area contributed by atoms with Crippen molar-refractivity contribution in [1.29, 1.82) is 0 Å². The van der Waals surface area contributed by atoms with Gasteiger partial charge in [0.15, 0.2) is 4.21 Å². The van der Waals surface area contributed by atoms with E-state index in [1.54, 1.807) is 0 Å². The second-order valence-corrected chi connectivity index (χ2v) is 9.75. The van der Waals surface area contributed by atoms with E-state index in [0.29, 0.717) is 0 Å². The number of rotatable bonds is 2. The van der Waals surface area contributed by atoms with Crippen molar-refractivity contribution in [1.82, 2.24) is 0 Å². The van der Waals surface area contributed by atoms with Gasteiger partial charge in [0.05, 0.1) is 4.47 Å². The highest BCUT2D eigenvalue weighted by Gasteiger charge is 2.28. The molecule has 0 fully saturated rings. The minimum absolute atomic E-state index is 0.116. The fourth-order valence-electron chi connectivity index (χ4n) is 0.913. The zero-order valence-electron chi connectivity index (χ0n) is 6.99. The summed E-state index contributed by atoms with van der Waals surface area (Å²) in [5.74, 6) is 0. The molecule has 0 N–H and O–H groups in total. The predicted molar refractivity (Wildman–Crippen MR) is 62.8 cm³/mol. The van der Waals surface area contributed by atoms with E-state index < -0.39 is 18.1 Å². The highest BCUT2D eigenvalue weighted by Crippen LogP contribution is 2.41. The Hall–Kier alpha value is 0.660. The SMILES string of the molecule is Cc1sc(S(=O)(=O)Cl)c(Br)c1S(=O)(=O)Cl. The molecule has 0 radical (unpaired) electrons. The second kappa shape index (κ2) is 4.15. The number of halogens is 3. The highest BCUT2D eigenvalue weighted by molar-refractivity contribution is 9.10. The maximum Gasteiger partial charge on any atom is 0.271 e. The van der Waals surface area contributed by atoms with Gasteiger partial charge in [-0.05, 0) is 22.9 Å². The molecule has 1 aromatic rings. The molecular formula is C5H3BrCl2O4S3. The number of aryl methyl sites for hydroxylation is 1. The molecule has 0 amide bonds. The topological polar surface area (TPSA) is 68.3 Å². The van der Waals surface area contributed by atoms with Gasteiger partial charge in [0, 0.05) is 26.2 Å². The summed E-state index contributed by atoms with van der Waals surface area (Å²) >= 11 is 3.60. The molecule has 0 aromatic carbocycles. The van der Waals surface area contributed by atoms with Gasteiger partial charge in [0.25, 0.3) is 18.1 Å². The van der Waals surface area contributed by atoms with Gasteiger partial charge >= 0.3 is 0 Å². The molecule has 0 saturated heterocycles. The Kier molecular flexibility index (Phi) is 3.80. The molecule has 0 aliphatic rings. The third kappa shape index (κ3) is 2.86. The predicted octanol–water partition coefficient (Wildman–Crippen LogP) is 2.67. The standard InChI is InChI=1S/C5H3BrCl2O4S3/c1-2-4(14(7,9)10)3(6)5(13-2)15(8,11)12/h1H3. The summed E-state index contributed by atoms with van der Waals surface area (Å²) in [5.41, 5.74) is 0. The van der Waals surface area contributed by atoms with E-state index in [1.165, 1.54) is 6.92 Å². The maximum absolute atomic E-state index is 11.1. The number of hydrogen-bond acceptors (Lipinski definition) is 5. The monoisotopic (exact) mass is 372 g/mol. The van der Waals surface area contributed by atoms with E-state index >= 15 is 0 Å². The van der Waals surface area contributed by atoms with Crippen molar-refractivity contribution in [2.45, 2.75) is 16.0 Å². The van der Waals surface area contributed by atoms with Crippen LogP contribution in [0.25, 0.3) is 0 Å².